The predicted molar refractivity (Wildman–Crippen MR) is 97.9 cm³/mol. The second kappa shape index (κ2) is 6.93. The molecule has 9 heteroatoms. The molecule has 138 valence electrons. The first-order valence-electron chi connectivity index (χ1n) is 8.04. The van der Waals surface area contributed by atoms with Gasteiger partial charge in [-0.15, -0.1) is 0 Å². The minimum Gasteiger partial charge on any atom is -0.385 e. The largest absolute Gasteiger partial charge is 0.385 e. The molecular weight excluding hydrogens is 356 g/mol. The fourth-order valence-corrected chi connectivity index (χ4v) is 4.48. The Morgan fingerprint density at radius 1 is 1.27 bits per heavy atom. The fourth-order valence-electron chi connectivity index (χ4n) is 2.92. The van der Waals surface area contributed by atoms with E-state index in [0.29, 0.717) is 19.6 Å². The number of benzene rings is 1. The van der Waals surface area contributed by atoms with Crippen LogP contribution in [-0.4, -0.2) is 36.9 Å². The summed E-state index contributed by atoms with van der Waals surface area (Å²) < 4.78 is 32.9. The average Bonchev–Trinajstić information content (AvgIpc) is 2.89. The lowest BCUT2D eigenvalue weighted by Gasteiger charge is -2.08. The molecule has 0 amide bonds. The van der Waals surface area contributed by atoms with Gasteiger partial charge in [-0.05, 0) is 25.5 Å². The van der Waals surface area contributed by atoms with E-state index in [2.05, 4.69) is 10.2 Å². The summed E-state index contributed by atoms with van der Waals surface area (Å²) in [4.78, 5) is 12.3. The van der Waals surface area contributed by atoms with Crippen molar-refractivity contribution in [3.05, 3.63) is 46.4 Å². The van der Waals surface area contributed by atoms with E-state index in [0.717, 1.165) is 5.56 Å². The Morgan fingerprint density at radius 2 is 1.96 bits per heavy atom. The third kappa shape index (κ3) is 2.99. The predicted octanol–water partition coefficient (Wildman–Crippen LogP) is 1.48. The minimum absolute atomic E-state index is 0.0233. The van der Waals surface area contributed by atoms with E-state index in [-0.39, 0.29) is 26.5 Å². The van der Waals surface area contributed by atoms with Gasteiger partial charge in [-0.2, -0.15) is 5.10 Å². The number of anilines is 1. The lowest BCUT2D eigenvalue weighted by atomic mass is 10.2. The number of ether oxygens (including phenoxy) is 1. The summed E-state index contributed by atoms with van der Waals surface area (Å²) in [6, 6.07) is 6.48. The fraction of sp³-hybridized carbons (Fsp3) is 0.294. The summed E-state index contributed by atoms with van der Waals surface area (Å²) in [6.07, 6.45) is 1.90. The highest BCUT2D eigenvalue weighted by Crippen LogP contribution is 2.34. The van der Waals surface area contributed by atoms with Crippen LogP contribution < -0.4 is 11.3 Å². The lowest BCUT2D eigenvalue weighted by Crippen LogP contribution is -2.14. The van der Waals surface area contributed by atoms with Gasteiger partial charge in [0, 0.05) is 25.6 Å². The third-order valence-electron chi connectivity index (χ3n) is 4.20. The van der Waals surface area contributed by atoms with Crippen LogP contribution in [0.3, 0.4) is 0 Å². The molecule has 0 aliphatic heterocycles. The molecule has 26 heavy (non-hydrogen) atoms. The zero-order valence-electron chi connectivity index (χ0n) is 14.5. The van der Waals surface area contributed by atoms with E-state index >= 15 is 0 Å². The number of nitrogens with two attached hydrogens (primary N) is 1. The number of nitrogens with zero attached hydrogens (tertiary/aromatic N) is 2. The highest BCUT2D eigenvalue weighted by Gasteiger charge is 2.29. The molecule has 3 N–H and O–H groups in total. The van der Waals surface area contributed by atoms with Crippen molar-refractivity contribution in [1.82, 2.24) is 14.8 Å². The van der Waals surface area contributed by atoms with E-state index in [1.54, 1.807) is 19.2 Å². The summed E-state index contributed by atoms with van der Waals surface area (Å²) in [5, 5.41) is 6.30. The molecule has 0 spiro atoms. The number of methoxy groups -OCH3 is 1. The molecule has 0 radical (unpaired) electrons. The van der Waals surface area contributed by atoms with Gasteiger partial charge in [0.1, 0.15) is 16.2 Å². The van der Waals surface area contributed by atoms with Crippen LogP contribution in [0.15, 0.2) is 45.0 Å². The Labute approximate surface area is 150 Å². The Balaban J connectivity index is 2.26. The van der Waals surface area contributed by atoms with E-state index in [1.807, 2.05) is 6.92 Å². The van der Waals surface area contributed by atoms with Crippen molar-refractivity contribution in [2.45, 2.75) is 29.7 Å². The summed E-state index contributed by atoms with van der Waals surface area (Å²) in [7, 11) is -2.34. The SMILES string of the molecule is COCCCn1c(N)c(S(=O)(=O)c2ccc(C)cc2)c2cn[nH]c(=O)c21. The van der Waals surface area contributed by atoms with Gasteiger partial charge in [0.2, 0.25) is 9.84 Å². The highest BCUT2D eigenvalue weighted by molar-refractivity contribution is 7.92. The average molecular weight is 376 g/mol. The molecule has 3 aromatic rings. The maximum atomic E-state index is 13.2. The highest BCUT2D eigenvalue weighted by atomic mass is 32.2. The zero-order chi connectivity index (χ0) is 18.9. The number of fused-ring (bicyclic) bond motifs is 1. The maximum Gasteiger partial charge on any atom is 0.288 e. The standard InChI is InChI=1S/C17H20N4O4S/c1-11-4-6-12(7-5-11)26(23,24)15-13-10-19-20-17(22)14(13)21(16(15)18)8-3-9-25-2/h4-7,10H,3,8-9,18H2,1-2H3,(H,20,22). The van der Waals surface area contributed by atoms with Crippen molar-refractivity contribution in [3.8, 4) is 0 Å². The van der Waals surface area contributed by atoms with Crippen LogP contribution in [0.25, 0.3) is 10.9 Å². The molecule has 0 aliphatic carbocycles. The topological polar surface area (TPSA) is 120 Å². The molecule has 0 saturated carbocycles. The zero-order valence-corrected chi connectivity index (χ0v) is 15.3. The number of nitrogens with one attached hydrogen (secondary N) is 1. The Morgan fingerprint density at radius 3 is 2.62 bits per heavy atom. The first-order chi connectivity index (χ1) is 12.4. The van der Waals surface area contributed by atoms with Gasteiger partial charge in [-0.25, -0.2) is 13.5 Å². The minimum atomic E-state index is -3.91. The van der Waals surface area contributed by atoms with E-state index in [1.165, 1.54) is 22.9 Å². The molecule has 2 heterocycles. The van der Waals surface area contributed by atoms with Gasteiger partial charge in [0.05, 0.1) is 11.1 Å². The normalized spacial score (nSPS) is 11.9. The number of nitrogen functional groups attached to an aromatic ring is 1. The molecule has 0 atom stereocenters. The molecule has 0 fully saturated rings. The quantitative estimate of drug-likeness (QED) is 0.629. The molecule has 2 aromatic heterocycles. The second-order valence-electron chi connectivity index (χ2n) is 5.99. The van der Waals surface area contributed by atoms with Crippen LogP contribution in [0.1, 0.15) is 12.0 Å². The second-order valence-corrected chi connectivity index (χ2v) is 7.88. The number of hydrogen-bond acceptors (Lipinski definition) is 6. The number of aryl methyl sites for hydroxylation is 2. The van der Waals surface area contributed by atoms with Crippen molar-refractivity contribution in [2.75, 3.05) is 19.5 Å². The van der Waals surface area contributed by atoms with E-state index in [4.69, 9.17) is 10.5 Å². The van der Waals surface area contributed by atoms with Gasteiger partial charge in [-0.3, -0.25) is 4.79 Å². The Hall–Kier alpha value is -2.65. The molecule has 0 aliphatic rings. The first-order valence-corrected chi connectivity index (χ1v) is 9.52. The number of aromatic nitrogens is 3. The summed E-state index contributed by atoms with van der Waals surface area (Å²) >= 11 is 0. The Kier molecular flexibility index (Phi) is 4.84. The van der Waals surface area contributed by atoms with Gasteiger partial charge in [0.15, 0.2) is 0 Å². The van der Waals surface area contributed by atoms with Crippen LogP contribution >= 0.6 is 0 Å². The van der Waals surface area contributed by atoms with E-state index in [9.17, 15) is 13.2 Å². The molecule has 8 nitrogen and oxygen atoms in total. The molecule has 0 unspecified atom stereocenters. The number of hydrogen-bond donors (Lipinski definition) is 2. The summed E-state index contributed by atoms with van der Waals surface area (Å²) in [5.74, 6) is 0.0233. The maximum absolute atomic E-state index is 13.2. The van der Waals surface area contributed by atoms with Crippen molar-refractivity contribution >= 4 is 26.6 Å². The van der Waals surface area contributed by atoms with Crippen molar-refractivity contribution in [3.63, 3.8) is 0 Å². The smallest absolute Gasteiger partial charge is 0.288 e. The lowest BCUT2D eigenvalue weighted by molar-refractivity contribution is 0.191. The van der Waals surface area contributed by atoms with E-state index < -0.39 is 15.4 Å². The van der Waals surface area contributed by atoms with Gasteiger partial charge < -0.3 is 15.0 Å². The van der Waals surface area contributed by atoms with Crippen molar-refractivity contribution in [2.24, 2.45) is 0 Å². The number of rotatable bonds is 6. The van der Waals surface area contributed by atoms with Gasteiger partial charge >= 0.3 is 0 Å². The molecule has 0 bridgehead atoms. The summed E-state index contributed by atoms with van der Waals surface area (Å²) in [6.45, 7) is 2.69. The van der Waals surface area contributed by atoms with Crippen LogP contribution in [0.5, 0.6) is 0 Å². The van der Waals surface area contributed by atoms with Crippen LogP contribution in [0, 0.1) is 6.92 Å². The molecule has 0 saturated heterocycles. The van der Waals surface area contributed by atoms with Crippen LogP contribution in [0.4, 0.5) is 5.82 Å². The van der Waals surface area contributed by atoms with Crippen molar-refractivity contribution < 1.29 is 13.2 Å². The molecular formula is C17H20N4O4S. The third-order valence-corrected chi connectivity index (χ3v) is 6.06. The van der Waals surface area contributed by atoms with Gasteiger partial charge in [0.25, 0.3) is 5.56 Å². The van der Waals surface area contributed by atoms with Crippen LogP contribution in [-0.2, 0) is 21.1 Å². The number of sulfone groups is 1. The summed E-state index contributed by atoms with van der Waals surface area (Å²) in [5.41, 5.74) is 6.83. The van der Waals surface area contributed by atoms with Gasteiger partial charge in [-0.1, -0.05) is 17.7 Å². The number of H-pyrrole nitrogens is 1. The van der Waals surface area contributed by atoms with Crippen LogP contribution in [0.2, 0.25) is 0 Å². The monoisotopic (exact) mass is 376 g/mol. The molecule has 1 aromatic carbocycles. The van der Waals surface area contributed by atoms with Crippen molar-refractivity contribution in [1.29, 1.82) is 0 Å². The Bertz CT molecular complexity index is 1100. The number of aromatic amines is 1. The first kappa shape index (κ1) is 18.2. The molecule has 3 rings (SSSR count).